The van der Waals surface area contributed by atoms with Crippen LogP contribution in [0.25, 0.3) is 0 Å². The minimum absolute atomic E-state index is 0.0261. The molecule has 0 spiro atoms. The number of hydrogen-bond acceptors (Lipinski definition) is 7. The monoisotopic (exact) mass is 479 g/mol. The van der Waals surface area contributed by atoms with Crippen molar-refractivity contribution in [3.63, 3.8) is 0 Å². The second-order valence-electron chi connectivity index (χ2n) is 9.64. The molecule has 5 atom stereocenters. The van der Waals surface area contributed by atoms with Gasteiger partial charge in [0.2, 0.25) is 5.91 Å². The van der Waals surface area contributed by atoms with Gasteiger partial charge in [-0.2, -0.15) is 0 Å². The van der Waals surface area contributed by atoms with Crippen LogP contribution in [-0.4, -0.2) is 64.5 Å². The summed E-state index contributed by atoms with van der Waals surface area (Å²) in [6, 6.07) is 0. The van der Waals surface area contributed by atoms with Gasteiger partial charge in [-0.1, -0.05) is 26.5 Å². The molecule has 0 saturated heterocycles. The lowest BCUT2D eigenvalue weighted by molar-refractivity contribution is -0.147. The zero-order chi connectivity index (χ0) is 24.4. The molecule has 2 aliphatic rings. The number of amides is 2. The number of aromatic nitrogens is 1. The van der Waals surface area contributed by atoms with Gasteiger partial charge < -0.3 is 19.8 Å². The van der Waals surface area contributed by atoms with Crippen LogP contribution in [0.15, 0.2) is 12.7 Å². The van der Waals surface area contributed by atoms with Crippen molar-refractivity contribution in [2.45, 2.75) is 65.4 Å². The van der Waals surface area contributed by atoms with E-state index in [-0.39, 0.29) is 36.4 Å². The molecule has 3 rings (SSSR count). The largest absolute Gasteiger partial charge is 0.445 e. The van der Waals surface area contributed by atoms with Crippen LogP contribution in [0.2, 0.25) is 0 Å². The van der Waals surface area contributed by atoms with Crippen molar-refractivity contribution in [2.75, 3.05) is 31.6 Å². The van der Waals surface area contributed by atoms with E-state index in [4.69, 9.17) is 9.72 Å². The fourth-order valence-electron chi connectivity index (χ4n) is 5.84. The number of nitrogens with zero attached hydrogens (tertiary/aromatic N) is 2. The Bertz CT molecular complexity index is 885. The molecule has 0 unspecified atom stereocenters. The topological polar surface area (TPSA) is 112 Å². The molecule has 0 radical (unpaired) electrons. The highest BCUT2D eigenvalue weighted by atomic mass is 32.1. The summed E-state index contributed by atoms with van der Waals surface area (Å²) in [5.74, 6) is -0.127. The molecule has 1 fully saturated rings. The molecule has 1 aromatic rings. The summed E-state index contributed by atoms with van der Waals surface area (Å²) in [6.45, 7) is 12.9. The molecule has 0 aliphatic heterocycles. The molecule has 0 aromatic carbocycles. The van der Waals surface area contributed by atoms with Crippen molar-refractivity contribution in [3.8, 4) is 0 Å². The molecular weight excluding hydrogens is 442 g/mol. The average Bonchev–Trinajstić information content (AvgIpc) is 3.19. The summed E-state index contributed by atoms with van der Waals surface area (Å²) in [6.07, 6.45) is 2.54. The Balaban J connectivity index is 2.02. The predicted octanol–water partition coefficient (Wildman–Crippen LogP) is 3.55. The van der Waals surface area contributed by atoms with Crippen LogP contribution < -0.4 is 5.32 Å². The number of fused-ring (bicyclic) bond motifs is 2. The van der Waals surface area contributed by atoms with Crippen LogP contribution in [-0.2, 0) is 16.0 Å². The van der Waals surface area contributed by atoms with Crippen LogP contribution in [0, 0.1) is 16.7 Å². The lowest BCUT2D eigenvalue weighted by atomic mass is 9.47. The maximum Gasteiger partial charge on any atom is 0.413 e. The van der Waals surface area contributed by atoms with Gasteiger partial charge in [-0.05, 0) is 44.4 Å². The van der Waals surface area contributed by atoms with Crippen LogP contribution in [0.4, 0.5) is 9.93 Å². The predicted molar refractivity (Wildman–Crippen MR) is 128 cm³/mol. The van der Waals surface area contributed by atoms with Crippen molar-refractivity contribution in [3.05, 3.63) is 23.2 Å². The standard InChI is InChI=1S/C24H37N3O5S/c1-6-11-32-22(31)26-21-25-20-15(12-19(30)27(7-2)8-3)23(4)10-9-18(29)24(5,14-28)17(23)13-16(20)33-21/h6,15,17-18,28-29H,1,7-14H2,2-5H3,(H,25,26,31)/t15-,17+,18+,23-,24-/m0/s1. The first kappa shape index (κ1) is 25.6. The number of nitrogens with one attached hydrogen (secondary N) is 1. The SMILES string of the molecule is C=CCOC(=O)Nc1nc2c(s1)C[C@H]1[C@](C)(CO)[C@H](O)CC[C@@]1(C)[C@H]2CC(=O)N(CC)CC. The molecule has 184 valence electrons. The fraction of sp³-hybridized carbons (Fsp3) is 0.708. The molecule has 1 aromatic heterocycles. The van der Waals surface area contributed by atoms with Crippen LogP contribution in [0.3, 0.4) is 0 Å². The Morgan fingerprint density at radius 2 is 2.06 bits per heavy atom. The molecule has 9 heteroatoms. The van der Waals surface area contributed by atoms with Crippen molar-refractivity contribution in [1.82, 2.24) is 9.88 Å². The van der Waals surface area contributed by atoms with E-state index in [9.17, 15) is 19.8 Å². The number of hydrogen-bond donors (Lipinski definition) is 3. The first-order valence-corrected chi connectivity index (χ1v) is 12.6. The van der Waals surface area contributed by atoms with Crippen molar-refractivity contribution in [1.29, 1.82) is 0 Å². The van der Waals surface area contributed by atoms with E-state index < -0.39 is 17.6 Å². The van der Waals surface area contributed by atoms with Gasteiger partial charge in [-0.3, -0.25) is 10.1 Å². The molecule has 2 amide bonds. The molecule has 0 bridgehead atoms. The smallest absolute Gasteiger partial charge is 0.413 e. The lowest BCUT2D eigenvalue weighted by Gasteiger charge is -2.58. The zero-order valence-electron chi connectivity index (χ0n) is 20.1. The number of ether oxygens (including phenoxy) is 1. The van der Waals surface area contributed by atoms with Gasteiger partial charge in [0.25, 0.3) is 0 Å². The number of carbonyl (C=O) groups is 2. The van der Waals surface area contributed by atoms with Crippen LogP contribution in [0.5, 0.6) is 0 Å². The number of rotatable bonds is 8. The summed E-state index contributed by atoms with van der Waals surface area (Å²) < 4.78 is 5.03. The third-order valence-electron chi connectivity index (χ3n) is 7.93. The van der Waals surface area contributed by atoms with Gasteiger partial charge in [-0.25, -0.2) is 9.78 Å². The van der Waals surface area contributed by atoms with Crippen molar-refractivity contribution < 1.29 is 24.5 Å². The van der Waals surface area contributed by atoms with E-state index in [1.165, 1.54) is 17.4 Å². The zero-order valence-corrected chi connectivity index (χ0v) is 20.9. The lowest BCUT2D eigenvalue weighted by Crippen LogP contribution is -2.57. The average molecular weight is 480 g/mol. The third kappa shape index (κ3) is 4.68. The van der Waals surface area contributed by atoms with Crippen molar-refractivity contribution >= 4 is 28.5 Å². The summed E-state index contributed by atoms with van der Waals surface area (Å²) in [7, 11) is 0. The second-order valence-corrected chi connectivity index (χ2v) is 10.7. The summed E-state index contributed by atoms with van der Waals surface area (Å²) in [5, 5.41) is 24.3. The summed E-state index contributed by atoms with van der Waals surface area (Å²) >= 11 is 1.38. The molecule has 33 heavy (non-hydrogen) atoms. The van der Waals surface area contributed by atoms with Crippen LogP contribution in [0.1, 0.15) is 63.4 Å². The highest BCUT2D eigenvalue weighted by Crippen LogP contribution is 2.62. The van der Waals surface area contributed by atoms with Crippen molar-refractivity contribution in [2.24, 2.45) is 16.7 Å². The Hall–Kier alpha value is -1.97. The molecule has 3 N–H and O–H groups in total. The van der Waals surface area contributed by atoms with Gasteiger partial charge in [0.05, 0.1) is 18.4 Å². The maximum absolute atomic E-state index is 13.2. The van der Waals surface area contributed by atoms with Gasteiger partial charge >= 0.3 is 6.09 Å². The molecule has 8 nitrogen and oxygen atoms in total. The van der Waals surface area contributed by atoms with Gasteiger partial charge in [-0.15, -0.1) is 11.3 Å². The number of aliphatic hydroxyl groups excluding tert-OH is 2. The first-order chi connectivity index (χ1) is 15.6. The number of anilines is 1. The molecule has 1 saturated carbocycles. The maximum atomic E-state index is 13.2. The molecular formula is C24H37N3O5S. The Labute approximate surface area is 200 Å². The minimum atomic E-state index is -0.679. The van der Waals surface area contributed by atoms with E-state index in [0.29, 0.717) is 37.5 Å². The number of aliphatic hydroxyl groups is 2. The van der Waals surface area contributed by atoms with Gasteiger partial charge in [0.15, 0.2) is 5.13 Å². The first-order valence-electron chi connectivity index (χ1n) is 11.8. The second kappa shape index (κ2) is 10.1. The molecule has 2 aliphatic carbocycles. The Morgan fingerprint density at radius 1 is 1.36 bits per heavy atom. The number of thiazole rings is 1. The van der Waals surface area contributed by atoms with E-state index in [0.717, 1.165) is 17.0 Å². The van der Waals surface area contributed by atoms with E-state index in [2.05, 4.69) is 18.8 Å². The fourth-order valence-corrected chi connectivity index (χ4v) is 6.89. The van der Waals surface area contributed by atoms with Gasteiger partial charge in [0.1, 0.15) is 6.61 Å². The number of carbonyl (C=O) groups excluding carboxylic acids is 2. The Morgan fingerprint density at radius 3 is 2.67 bits per heavy atom. The quantitative estimate of drug-likeness (QED) is 0.492. The highest BCUT2D eigenvalue weighted by molar-refractivity contribution is 7.15. The highest BCUT2D eigenvalue weighted by Gasteiger charge is 2.59. The summed E-state index contributed by atoms with van der Waals surface area (Å²) in [5.41, 5.74) is -0.155. The van der Waals surface area contributed by atoms with E-state index in [1.807, 2.05) is 25.7 Å². The molecule has 1 heterocycles. The summed E-state index contributed by atoms with van der Waals surface area (Å²) in [4.78, 5) is 32.9. The third-order valence-corrected chi connectivity index (χ3v) is 8.94. The normalized spacial score (nSPS) is 30.7. The van der Waals surface area contributed by atoms with E-state index in [1.54, 1.807) is 0 Å². The van der Waals surface area contributed by atoms with E-state index >= 15 is 0 Å². The van der Waals surface area contributed by atoms with Gasteiger partial charge in [0, 0.05) is 35.7 Å². The van der Waals surface area contributed by atoms with Crippen LogP contribution >= 0.6 is 11.3 Å². The Kier molecular flexibility index (Phi) is 7.86. The minimum Gasteiger partial charge on any atom is -0.445 e.